The molecule has 0 bridgehead atoms. The molecule has 0 aliphatic carbocycles. The predicted octanol–water partition coefficient (Wildman–Crippen LogP) is 2.51. The van der Waals surface area contributed by atoms with Crippen molar-refractivity contribution >= 4 is 0 Å². The highest BCUT2D eigenvalue weighted by Gasteiger charge is 2.24. The third-order valence-corrected chi connectivity index (χ3v) is 4.10. The normalized spacial score (nSPS) is 22.3. The predicted molar refractivity (Wildman–Crippen MR) is 77.8 cm³/mol. The molecular formula is C16H19FN2O2. The molecule has 0 unspecified atom stereocenters. The van der Waals surface area contributed by atoms with Crippen LogP contribution in [0.3, 0.4) is 0 Å². The number of nitrogens with one attached hydrogen (secondary N) is 1. The molecule has 2 aromatic rings. The summed E-state index contributed by atoms with van der Waals surface area (Å²) in [6.45, 7) is 0.881. The molecule has 21 heavy (non-hydrogen) atoms. The summed E-state index contributed by atoms with van der Waals surface area (Å²) in [5, 5.41) is 3.48. The first-order valence-electron chi connectivity index (χ1n) is 7.37. The lowest BCUT2D eigenvalue weighted by atomic mass is 9.94. The Bertz CT molecular complexity index is 632. The minimum atomic E-state index is -0.202. The molecule has 4 nitrogen and oxygen atoms in total. The Kier molecular flexibility index (Phi) is 4.20. The van der Waals surface area contributed by atoms with Gasteiger partial charge in [0.15, 0.2) is 0 Å². The number of halogens is 1. The number of aromatic nitrogens is 1. The molecule has 0 radical (unpaired) electrons. The zero-order valence-electron chi connectivity index (χ0n) is 11.8. The van der Waals surface area contributed by atoms with Gasteiger partial charge >= 0.3 is 0 Å². The minimum Gasteiger partial charge on any atom is -0.384 e. The quantitative estimate of drug-likeness (QED) is 0.941. The van der Waals surface area contributed by atoms with Gasteiger partial charge in [0.2, 0.25) is 0 Å². The topological polar surface area (TPSA) is 47.2 Å². The third kappa shape index (κ3) is 3.42. The first-order chi connectivity index (χ1) is 10.2. The lowest BCUT2D eigenvalue weighted by molar-refractivity contribution is 0.159. The first kappa shape index (κ1) is 14.1. The van der Waals surface area contributed by atoms with Gasteiger partial charge in [-0.05, 0) is 49.9 Å². The highest BCUT2D eigenvalue weighted by atomic mass is 19.1. The van der Waals surface area contributed by atoms with Crippen LogP contribution in [0.1, 0.15) is 30.9 Å². The number of nitrogens with zero attached hydrogens (tertiary/aromatic N) is 1. The van der Waals surface area contributed by atoms with Crippen molar-refractivity contribution in [2.75, 3.05) is 6.54 Å². The van der Waals surface area contributed by atoms with Crippen LogP contribution in [0.25, 0.3) is 0 Å². The van der Waals surface area contributed by atoms with Gasteiger partial charge in [0.1, 0.15) is 12.1 Å². The molecule has 1 aliphatic rings. The monoisotopic (exact) mass is 290 g/mol. The summed E-state index contributed by atoms with van der Waals surface area (Å²) < 4.78 is 19.6. The number of benzene rings is 1. The molecule has 1 aromatic carbocycles. The fourth-order valence-electron chi connectivity index (χ4n) is 2.95. The molecule has 0 saturated carbocycles. The molecule has 1 N–H and O–H groups in total. The van der Waals surface area contributed by atoms with Gasteiger partial charge in [0.25, 0.3) is 5.56 Å². The maximum absolute atomic E-state index is 12.9. The van der Waals surface area contributed by atoms with Crippen molar-refractivity contribution in [3.8, 4) is 0 Å². The smallest absolute Gasteiger partial charge is 0.282 e. The van der Waals surface area contributed by atoms with Crippen molar-refractivity contribution < 1.29 is 8.91 Å². The molecule has 5 heteroatoms. The van der Waals surface area contributed by atoms with E-state index in [-0.39, 0.29) is 17.4 Å². The molecule has 112 valence electrons. The van der Waals surface area contributed by atoms with Crippen molar-refractivity contribution in [1.82, 2.24) is 10.1 Å². The molecule has 1 saturated heterocycles. The van der Waals surface area contributed by atoms with Gasteiger partial charge in [-0.2, -0.15) is 4.74 Å². The van der Waals surface area contributed by atoms with E-state index in [4.69, 9.17) is 4.52 Å². The van der Waals surface area contributed by atoms with E-state index in [0.717, 1.165) is 37.8 Å². The van der Waals surface area contributed by atoms with Gasteiger partial charge in [-0.15, -0.1) is 0 Å². The summed E-state index contributed by atoms with van der Waals surface area (Å²) in [4.78, 5) is 11.6. The van der Waals surface area contributed by atoms with Crippen LogP contribution in [0.5, 0.6) is 0 Å². The van der Waals surface area contributed by atoms with Gasteiger partial charge in [-0.25, -0.2) is 4.39 Å². The molecule has 2 atom stereocenters. The average molecular weight is 290 g/mol. The van der Waals surface area contributed by atoms with Gasteiger partial charge < -0.3 is 9.84 Å². The van der Waals surface area contributed by atoms with E-state index in [1.165, 1.54) is 29.2 Å². The lowest BCUT2D eigenvalue weighted by Gasteiger charge is -2.29. The molecule has 0 spiro atoms. The average Bonchev–Trinajstić information content (AvgIpc) is 2.93. The Morgan fingerprint density at radius 1 is 1.29 bits per heavy atom. The van der Waals surface area contributed by atoms with Crippen molar-refractivity contribution in [2.45, 2.75) is 37.8 Å². The largest absolute Gasteiger partial charge is 0.384 e. The van der Waals surface area contributed by atoms with Crippen molar-refractivity contribution in [2.24, 2.45) is 0 Å². The van der Waals surface area contributed by atoms with Gasteiger partial charge in [-0.1, -0.05) is 12.1 Å². The Balaban J connectivity index is 1.58. The van der Waals surface area contributed by atoms with Crippen LogP contribution < -0.4 is 10.9 Å². The minimum absolute atomic E-state index is 0.0702. The summed E-state index contributed by atoms with van der Waals surface area (Å²) in [7, 11) is 0. The molecule has 1 aromatic heterocycles. The van der Waals surface area contributed by atoms with Crippen LogP contribution >= 0.6 is 0 Å². The maximum atomic E-state index is 12.9. The number of hydrogen-bond acceptors (Lipinski definition) is 3. The van der Waals surface area contributed by atoms with E-state index >= 15 is 0 Å². The summed E-state index contributed by atoms with van der Waals surface area (Å²) in [5.41, 5.74) is 1.06. The maximum Gasteiger partial charge on any atom is 0.282 e. The Hall–Kier alpha value is -1.88. The molecule has 1 fully saturated rings. The van der Waals surface area contributed by atoms with Crippen molar-refractivity contribution in [3.63, 3.8) is 0 Å². The highest BCUT2D eigenvalue weighted by molar-refractivity contribution is 5.16. The van der Waals surface area contributed by atoms with Gasteiger partial charge in [-0.3, -0.25) is 4.79 Å². The van der Waals surface area contributed by atoms with Gasteiger partial charge in [0, 0.05) is 12.1 Å². The Morgan fingerprint density at radius 2 is 2.10 bits per heavy atom. The van der Waals surface area contributed by atoms with E-state index in [1.54, 1.807) is 0 Å². The van der Waals surface area contributed by atoms with Crippen LogP contribution in [0.15, 0.2) is 45.9 Å². The third-order valence-electron chi connectivity index (χ3n) is 4.10. The second-order valence-electron chi connectivity index (χ2n) is 5.57. The molecule has 1 aliphatic heterocycles. The van der Waals surface area contributed by atoms with Crippen LogP contribution in [0.4, 0.5) is 4.39 Å². The summed E-state index contributed by atoms with van der Waals surface area (Å²) >= 11 is 0. The second-order valence-corrected chi connectivity index (χ2v) is 5.57. The number of piperidine rings is 1. The summed E-state index contributed by atoms with van der Waals surface area (Å²) in [5.74, 6) is -0.202. The number of rotatable bonds is 4. The van der Waals surface area contributed by atoms with Crippen LogP contribution in [0, 0.1) is 5.82 Å². The fourth-order valence-corrected chi connectivity index (χ4v) is 2.95. The number of aryl methyl sites for hydroxylation is 1. The van der Waals surface area contributed by atoms with E-state index in [2.05, 4.69) is 5.32 Å². The highest BCUT2D eigenvalue weighted by Crippen LogP contribution is 2.23. The van der Waals surface area contributed by atoms with E-state index in [9.17, 15) is 9.18 Å². The van der Waals surface area contributed by atoms with Crippen LogP contribution in [0.2, 0.25) is 0 Å². The first-order valence-corrected chi connectivity index (χ1v) is 7.37. The zero-order chi connectivity index (χ0) is 14.7. The number of hydrogen-bond donors (Lipinski definition) is 1. The van der Waals surface area contributed by atoms with Gasteiger partial charge in [0.05, 0.1) is 6.04 Å². The zero-order valence-corrected chi connectivity index (χ0v) is 11.8. The molecule has 3 rings (SSSR count). The SMILES string of the molecule is O=c1ccon1[C@H]1CCN[C@@H](CCc2ccc(F)cc2)C1. The standard InChI is InChI=1S/C16H19FN2O2/c17-13-4-1-12(2-5-13)3-6-14-11-15(7-9-18-14)19-16(20)8-10-21-19/h1-2,4-5,8,10,14-15,18H,3,6-7,9,11H2/t14-,15-/m0/s1. The second kappa shape index (κ2) is 6.26. The summed E-state index contributed by atoms with van der Waals surface area (Å²) in [6, 6.07) is 8.58. The molecular weight excluding hydrogens is 271 g/mol. The Labute approximate surface area is 122 Å². The van der Waals surface area contributed by atoms with Crippen LogP contribution in [-0.2, 0) is 6.42 Å². The van der Waals surface area contributed by atoms with E-state index < -0.39 is 0 Å². The van der Waals surface area contributed by atoms with E-state index in [0.29, 0.717) is 6.04 Å². The molecule has 0 amide bonds. The molecule has 2 heterocycles. The van der Waals surface area contributed by atoms with Crippen LogP contribution in [-0.4, -0.2) is 17.3 Å². The fraction of sp³-hybridized carbons (Fsp3) is 0.438. The Morgan fingerprint density at radius 3 is 2.81 bits per heavy atom. The van der Waals surface area contributed by atoms with Crippen molar-refractivity contribution in [3.05, 3.63) is 58.3 Å². The van der Waals surface area contributed by atoms with E-state index in [1.807, 2.05) is 12.1 Å². The lowest BCUT2D eigenvalue weighted by Crippen LogP contribution is -2.40. The van der Waals surface area contributed by atoms with Crippen molar-refractivity contribution in [1.29, 1.82) is 0 Å². The summed E-state index contributed by atoms with van der Waals surface area (Å²) in [6.07, 6.45) is 5.10.